The molecule has 11 nitrogen and oxygen atoms in total. The highest BCUT2D eigenvalue weighted by Gasteiger charge is 2.34. The summed E-state index contributed by atoms with van der Waals surface area (Å²) in [7, 11) is -2.14. The third-order valence-corrected chi connectivity index (χ3v) is 6.97. The van der Waals surface area contributed by atoms with Gasteiger partial charge < -0.3 is 30.0 Å². The van der Waals surface area contributed by atoms with Crippen LogP contribution in [0.15, 0.2) is 43.5 Å². The van der Waals surface area contributed by atoms with Crippen LogP contribution in [0.1, 0.15) is 48.7 Å². The Hall–Kier alpha value is -3.38. The van der Waals surface area contributed by atoms with E-state index in [1.165, 1.54) is 12.1 Å². The molecular formula is C24H32N6O5S. The average molecular weight is 517 g/mol. The van der Waals surface area contributed by atoms with Crippen molar-refractivity contribution in [2.75, 3.05) is 38.5 Å². The number of piperazine rings is 1. The van der Waals surface area contributed by atoms with Gasteiger partial charge in [-0.2, -0.15) is 8.42 Å². The maximum absolute atomic E-state index is 13.0. The predicted octanol–water partition coefficient (Wildman–Crippen LogP) is 2.53. The Labute approximate surface area is 211 Å². The number of nitrogens with zero attached hydrogens (tertiary/aromatic N) is 4. The number of carbonyl (C=O) groups excluding carboxylic acids is 1. The molecule has 0 saturated carbocycles. The van der Waals surface area contributed by atoms with Crippen LogP contribution in [-0.2, 0) is 10.2 Å². The summed E-state index contributed by atoms with van der Waals surface area (Å²) in [6.07, 6.45) is 0. The van der Waals surface area contributed by atoms with Gasteiger partial charge in [-0.15, -0.1) is 8.80 Å². The number of aromatic hydroxyl groups is 1. The van der Waals surface area contributed by atoms with E-state index in [1.54, 1.807) is 11.0 Å². The molecule has 194 valence electrons. The van der Waals surface area contributed by atoms with Gasteiger partial charge in [-0.1, -0.05) is 26.8 Å². The molecule has 0 aliphatic carbocycles. The minimum absolute atomic E-state index is 0.0147. The molecule has 2 aliphatic rings. The van der Waals surface area contributed by atoms with Gasteiger partial charge in [0.2, 0.25) is 0 Å². The summed E-state index contributed by atoms with van der Waals surface area (Å²) in [5.41, 5.74) is -0.112. The van der Waals surface area contributed by atoms with E-state index in [0.717, 1.165) is 18.8 Å². The fourth-order valence-electron chi connectivity index (χ4n) is 4.10. The van der Waals surface area contributed by atoms with Crippen molar-refractivity contribution in [1.82, 2.24) is 15.1 Å². The average Bonchev–Trinajstić information content (AvgIpc) is 3.34. The van der Waals surface area contributed by atoms with Crippen LogP contribution in [0.5, 0.6) is 5.75 Å². The number of benzene rings is 1. The number of hydrogen-bond acceptors (Lipinski definition) is 8. The Kier molecular flexibility index (Phi) is 6.84. The number of likely N-dealkylation sites (N-methyl/N-ethyl adjacent to an activating group) is 1. The Bertz CT molecular complexity index is 1320. The monoisotopic (exact) mass is 516 g/mol. The first kappa shape index (κ1) is 25.7. The van der Waals surface area contributed by atoms with E-state index in [1.807, 2.05) is 46.9 Å². The minimum atomic E-state index is -4.14. The van der Waals surface area contributed by atoms with E-state index in [-0.39, 0.29) is 40.0 Å². The number of aryl methyl sites for hydroxylation is 1. The number of hydrogen-bond donors (Lipinski definition) is 3. The largest absolute Gasteiger partial charge is 0.505 e. The first-order chi connectivity index (χ1) is 16.8. The van der Waals surface area contributed by atoms with Crippen molar-refractivity contribution in [3.05, 3.63) is 47.4 Å². The molecular weight excluding hydrogens is 484 g/mol. The van der Waals surface area contributed by atoms with Crippen LogP contribution in [0.25, 0.3) is 0 Å². The van der Waals surface area contributed by atoms with Crippen molar-refractivity contribution in [2.24, 2.45) is 14.2 Å². The van der Waals surface area contributed by atoms with E-state index in [0.29, 0.717) is 18.8 Å². The number of carbonyl (C=O) groups is 1. The fourth-order valence-corrected chi connectivity index (χ4v) is 4.87. The molecule has 1 aromatic carbocycles. The van der Waals surface area contributed by atoms with Crippen molar-refractivity contribution in [1.29, 1.82) is 0 Å². The van der Waals surface area contributed by atoms with E-state index < -0.39 is 16.3 Å². The summed E-state index contributed by atoms with van der Waals surface area (Å²) in [5, 5.41) is 16.9. The lowest BCUT2D eigenvalue weighted by Gasteiger charge is -2.32. The number of anilines is 1. The molecule has 0 unspecified atom stereocenters. The molecule has 0 radical (unpaired) electrons. The second kappa shape index (κ2) is 9.58. The Morgan fingerprint density at radius 2 is 1.75 bits per heavy atom. The van der Waals surface area contributed by atoms with Crippen molar-refractivity contribution < 1.29 is 22.7 Å². The van der Waals surface area contributed by atoms with E-state index in [9.17, 15) is 18.3 Å². The van der Waals surface area contributed by atoms with Gasteiger partial charge >= 0.3 is 10.2 Å². The molecule has 1 fully saturated rings. The predicted molar refractivity (Wildman–Crippen MR) is 138 cm³/mol. The van der Waals surface area contributed by atoms with E-state index in [2.05, 4.69) is 24.3 Å². The molecule has 1 amide bonds. The van der Waals surface area contributed by atoms with Gasteiger partial charge in [0.05, 0.1) is 17.3 Å². The normalized spacial score (nSPS) is 19.0. The van der Waals surface area contributed by atoms with E-state index >= 15 is 0 Å². The summed E-state index contributed by atoms with van der Waals surface area (Å²) < 4.78 is 37.9. The van der Waals surface area contributed by atoms with Gasteiger partial charge in [0.25, 0.3) is 5.91 Å². The Balaban J connectivity index is 1.60. The molecule has 0 spiro atoms. The van der Waals surface area contributed by atoms with Crippen molar-refractivity contribution in [2.45, 2.75) is 33.7 Å². The maximum atomic E-state index is 13.0. The minimum Gasteiger partial charge on any atom is -0.505 e. The van der Waals surface area contributed by atoms with Gasteiger partial charge in [-0.25, -0.2) is 0 Å². The van der Waals surface area contributed by atoms with Crippen molar-refractivity contribution >= 4 is 33.5 Å². The summed E-state index contributed by atoms with van der Waals surface area (Å²) >= 11 is 0. The zero-order chi connectivity index (χ0) is 26.3. The molecule has 12 heteroatoms. The Morgan fingerprint density at radius 1 is 1.08 bits per heavy atom. The number of nitrogens with one attached hydrogen (secondary N) is 2. The first-order valence-electron chi connectivity index (χ1n) is 11.7. The van der Waals surface area contributed by atoms with Crippen molar-refractivity contribution in [3.8, 4) is 5.75 Å². The summed E-state index contributed by atoms with van der Waals surface area (Å²) in [6.45, 7) is 10.4. The molecule has 2 aromatic rings. The number of furan rings is 1. The zero-order valence-electron chi connectivity index (χ0n) is 21.1. The van der Waals surface area contributed by atoms with E-state index in [4.69, 9.17) is 4.42 Å². The summed E-state index contributed by atoms with van der Waals surface area (Å²) in [6, 6.07) is 7.92. The fraction of sp³-hybridized carbons (Fsp3) is 0.458. The van der Waals surface area contributed by atoms with Crippen LogP contribution in [0, 0.1) is 12.3 Å². The molecule has 3 N–H and O–H groups in total. The van der Waals surface area contributed by atoms with Gasteiger partial charge in [-0.05, 0) is 43.7 Å². The van der Waals surface area contributed by atoms with Gasteiger partial charge in [0.15, 0.2) is 17.4 Å². The number of para-hydroxylation sites is 1. The molecule has 4 rings (SSSR count). The number of amidine groups is 2. The highest BCUT2D eigenvalue weighted by Crippen LogP contribution is 2.35. The van der Waals surface area contributed by atoms with Crippen LogP contribution >= 0.6 is 0 Å². The van der Waals surface area contributed by atoms with Gasteiger partial charge in [0.1, 0.15) is 11.5 Å². The third-order valence-electron chi connectivity index (χ3n) is 6.14. The molecule has 3 heterocycles. The molecule has 1 atom stereocenters. The number of amides is 1. The summed E-state index contributed by atoms with van der Waals surface area (Å²) in [4.78, 5) is 16.9. The summed E-state index contributed by atoms with van der Waals surface area (Å²) in [5.74, 6) is 0.654. The third kappa shape index (κ3) is 5.54. The van der Waals surface area contributed by atoms with Crippen LogP contribution in [-0.4, -0.2) is 74.1 Å². The lowest BCUT2D eigenvalue weighted by molar-refractivity contribution is 0.0661. The lowest BCUT2D eigenvalue weighted by Crippen LogP contribution is -2.47. The topological polar surface area (TPSA) is 140 Å². The van der Waals surface area contributed by atoms with Crippen LogP contribution in [0.3, 0.4) is 0 Å². The molecule has 1 aromatic heterocycles. The quantitative estimate of drug-likeness (QED) is 0.527. The zero-order valence-corrected chi connectivity index (χ0v) is 21.9. The molecule has 2 aliphatic heterocycles. The highest BCUT2D eigenvalue weighted by atomic mass is 32.2. The number of phenolic OH excluding ortho intramolecular Hbond substituents is 1. The number of rotatable bonds is 4. The smallest absolute Gasteiger partial charge is 0.367 e. The maximum Gasteiger partial charge on any atom is 0.367 e. The molecule has 0 bridgehead atoms. The first-order valence-corrected chi connectivity index (χ1v) is 13.1. The van der Waals surface area contributed by atoms with Gasteiger partial charge in [-0.3, -0.25) is 4.79 Å². The Morgan fingerprint density at radius 3 is 2.36 bits per heavy atom. The van der Waals surface area contributed by atoms with Crippen molar-refractivity contribution in [3.63, 3.8) is 0 Å². The second-order valence-corrected chi connectivity index (χ2v) is 11.4. The van der Waals surface area contributed by atoms with Crippen LogP contribution in [0.2, 0.25) is 0 Å². The highest BCUT2D eigenvalue weighted by molar-refractivity contribution is 7.89. The standard InChI is InChI=1S/C24H32N6O5S/c1-15-9-10-18(35-15)20(24(2,3)4)26-22-21(27-36(33,34)28-22)25-17-8-6-7-16(19(17)31)23(32)30-13-11-29(5)12-14-30/h6-10,20,31H,11-14H2,1-5H3,(H,25,27)(H,26,28)/t20-/m0/s1. The molecule has 36 heavy (non-hydrogen) atoms. The van der Waals surface area contributed by atoms with Gasteiger partial charge in [0, 0.05) is 26.2 Å². The lowest BCUT2D eigenvalue weighted by atomic mass is 9.85. The van der Waals surface area contributed by atoms with Crippen LogP contribution < -0.4 is 10.6 Å². The van der Waals surface area contributed by atoms with Crippen LogP contribution in [0.4, 0.5) is 5.69 Å². The second-order valence-electron chi connectivity index (χ2n) is 10.1. The SMILES string of the molecule is Cc1ccc([C@H](NC2=NS(=O)(=O)N=C2Nc2cccc(C(=O)N3CCN(C)CC3)c2O)C(C)(C)C)o1. The number of phenols is 1. The molecule has 1 saturated heterocycles.